The maximum Gasteiger partial charge on any atom is 0.267 e. The molecule has 1 aliphatic rings. The molecular weight excluding hydrogens is 516 g/mol. The Kier molecular flexibility index (Phi) is 7.99. The van der Waals surface area contributed by atoms with Crippen LogP contribution in [0.1, 0.15) is 33.8 Å². The fourth-order valence-electron chi connectivity index (χ4n) is 5.00. The zero-order valence-corrected chi connectivity index (χ0v) is 22.0. The van der Waals surface area contributed by atoms with E-state index in [9.17, 15) is 30.0 Å². The third-order valence-corrected chi connectivity index (χ3v) is 7.26. The maximum atomic E-state index is 12.5. The van der Waals surface area contributed by atoms with Crippen molar-refractivity contribution in [1.29, 1.82) is 0 Å². The molecule has 8 N–H and O–H groups in total. The molecule has 0 unspecified atom stereocenters. The number of aromatic nitrogens is 2. The molecule has 1 aliphatic heterocycles. The van der Waals surface area contributed by atoms with Crippen LogP contribution in [0.3, 0.4) is 0 Å². The van der Waals surface area contributed by atoms with Gasteiger partial charge in [-0.1, -0.05) is 0 Å². The average molecular weight is 551 g/mol. The fraction of sp³-hybridized carbons (Fsp3) is 0.357. The topological polar surface area (TPSA) is 177 Å². The van der Waals surface area contributed by atoms with Crippen LogP contribution in [0.2, 0.25) is 0 Å². The zero-order chi connectivity index (χ0) is 28.2. The van der Waals surface area contributed by atoms with Crippen LogP contribution in [0.25, 0.3) is 21.8 Å². The summed E-state index contributed by atoms with van der Waals surface area (Å²) in [6.45, 7) is 6.66. The number of H-pyrrole nitrogens is 2. The summed E-state index contributed by atoms with van der Waals surface area (Å²) in [5.41, 5.74) is 1.93. The highest BCUT2D eigenvalue weighted by Crippen LogP contribution is 2.31. The van der Waals surface area contributed by atoms with Crippen molar-refractivity contribution in [3.05, 3.63) is 47.8 Å². The molecule has 212 valence electrons. The Morgan fingerprint density at radius 1 is 0.625 bits per heavy atom. The first-order valence-corrected chi connectivity index (χ1v) is 13.4. The van der Waals surface area contributed by atoms with Gasteiger partial charge in [0.05, 0.1) is 0 Å². The Hall–Kier alpha value is -4.42. The van der Waals surface area contributed by atoms with E-state index in [4.69, 9.17) is 0 Å². The van der Waals surface area contributed by atoms with Crippen LogP contribution in [0, 0.1) is 0 Å². The number of hydrogen-bond acceptors (Lipinski definition) is 8. The minimum absolute atomic E-state index is 0.224. The summed E-state index contributed by atoms with van der Waals surface area (Å²) in [5.74, 6) is -1.37. The Morgan fingerprint density at radius 3 is 1.40 bits per heavy atom. The number of nitrogens with zero attached hydrogens (tertiary/aromatic N) is 2. The van der Waals surface area contributed by atoms with Crippen LogP contribution in [0.15, 0.2) is 36.4 Å². The van der Waals surface area contributed by atoms with Crippen LogP contribution >= 0.6 is 0 Å². The Labute approximate surface area is 230 Å². The second kappa shape index (κ2) is 11.8. The zero-order valence-electron chi connectivity index (χ0n) is 22.0. The summed E-state index contributed by atoms with van der Waals surface area (Å²) in [5, 5.41) is 45.6. The molecule has 3 heterocycles. The number of fused-ring (bicyclic) bond motifs is 2. The number of benzene rings is 2. The van der Waals surface area contributed by atoms with Crippen molar-refractivity contribution in [3.63, 3.8) is 0 Å². The molecule has 2 aromatic carbocycles. The highest BCUT2D eigenvalue weighted by Gasteiger charge is 2.17. The number of rotatable bonds is 10. The SMILES string of the molecule is O=C(NCCCN1CCN(CCCNC(=O)c2cc3cc(O)c(O)cc3[nH]2)CC1)c1cc2cc(O)c(O)cc2[nH]1. The van der Waals surface area contributed by atoms with Gasteiger partial charge in [-0.15, -0.1) is 0 Å². The van der Waals surface area contributed by atoms with Crippen molar-refractivity contribution in [2.24, 2.45) is 0 Å². The number of piperazine rings is 1. The van der Waals surface area contributed by atoms with Crippen LogP contribution in [-0.2, 0) is 0 Å². The lowest BCUT2D eigenvalue weighted by Gasteiger charge is -2.34. The van der Waals surface area contributed by atoms with Gasteiger partial charge < -0.3 is 50.8 Å². The summed E-state index contributed by atoms with van der Waals surface area (Å²) < 4.78 is 0. The van der Waals surface area contributed by atoms with E-state index in [1.807, 2.05) is 0 Å². The highest BCUT2D eigenvalue weighted by atomic mass is 16.3. The molecule has 1 fully saturated rings. The van der Waals surface area contributed by atoms with Gasteiger partial charge >= 0.3 is 0 Å². The quantitative estimate of drug-likeness (QED) is 0.109. The summed E-state index contributed by atoms with van der Waals surface area (Å²) in [6, 6.07) is 8.91. The predicted octanol–water partition coefficient (Wildman–Crippen LogP) is 2.03. The van der Waals surface area contributed by atoms with Gasteiger partial charge in [-0.3, -0.25) is 9.59 Å². The molecule has 0 bridgehead atoms. The smallest absolute Gasteiger partial charge is 0.267 e. The Bertz CT molecular complexity index is 1330. The molecule has 0 saturated carbocycles. The molecule has 0 aliphatic carbocycles. The van der Waals surface area contributed by atoms with E-state index in [2.05, 4.69) is 30.4 Å². The molecule has 2 amide bonds. The maximum absolute atomic E-state index is 12.5. The van der Waals surface area contributed by atoms with E-state index >= 15 is 0 Å². The third kappa shape index (κ3) is 6.24. The Morgan fingerprint density at radius 2 is 1.00 bits per heavy atom. The van der Waals surface area contributed by atoms with Gasteiger partial charge in [0.15, 0.2) is 23.0 Å². The second-order valence-electron chi connectivity index (χ2n) is 10.1. The number of carbonyl (C=O) groups excluding carboxylic acids is 2. The first-order valence-electron chi connectivity index (χ1n) is 13.4. The van der Waals surface area contributed by atoms with E-state index < -0.39 is 0 Å². The van der Waals surface area contributed by atoms with Crippen molar-refractivity contribution in [3.8, 4) is 23.0 Å². The van der Waals surface area contributed by atoms with E-state index in [1.54, 1.807) is 12.1 Å². The summed E-state index contributed by atoms with van der Waals surface area (Å²) in [6.07, 6.45) is 1.65. The molecule has 40 heavy (non-hydrogen) atoms. The number of phenols is 4. The summed E-state index contributed by atoms with van der Waals surface area (Å²) in [7, 11) is 0. The van der Waals surface area contributed by atoms with Gasteiger partial charge in [-0.25, -0.2) is 0 Å². The lowest BCUT2D eigenvalue weighted by Crippen LogP contribution is -2.47. The van der Waals surface area contributed by atoms with Crippen molar-refractivity contribution in [2.75, 3.05) is 52.4 Å². The number of aromatic amines is 2. The van der Waals surface area contributed by atoms with Gasteiger partial charge in [0.1, 0.15) is 11.4 Å². The number of aromatic hydroxyl groups is 4. The summed E-state index contributed by atoms with van der Waals surface area (Å²) >= 11 is 0. The minimum Gasteiger partial charge on any atom is -0.504 e. The fourth-order valence-corrected chi connectivity index (χ4v) is 5.00. The number of carbonyl (C=O) groups is 2. The molecule has 0 radical (unpaired) electrons. The molecular formula is C28H34N6O6. The van der Waals surface area contributed by atoms with Gasteiger partial charge in [-0.2, -0.15) is 0 Å². The molecule has 5 rings (SSSR count). The van der Waals surface area contributed by atoms with Gasteiger partial charge in [-0.05, 0) is 50.2 Å². The first kappa shape index (κ1) is 27.2. The monoisotopic (exact) mass is 550 g/mol. The number of nitrogens with one attached hydrogen (secondary N) is 4. The lowest BCUT2D eigenvalue weighted by molar-refractivity contribution is 0.0931. The molecule has 1 saturated heterocycles. The number of phenolic OH excluding ortho intramolecular Hbond substituents is 4. The van der Waals surface area contributed by atoms with Crippen LogP contribution in [-0.4, -0.2) is 104 Å². The lowest BCUT2D eigenvalue weighted by atomic mass is 10.2. The molecule has 12 heteroatoms. The molecule has 0 atom stereocenters. The molecule has 0 spiro atoms. The van der Waals surface area contributed by atoms with Gasteiger partial charge in [0.2, 0.25) is 0 Å². The average Bonchev–Trinajstić information content (AvgIpc) is 3.54. The molecule has 2 aromatic heterocycles. The number of hydrogen-bond donors (Lipinski definition) is 8. The first-order chi connectivity index (χ1) is 19.3. The standard InChI is InChI=1S/C28H34N6O6/c35-23-13-17-11-21(31-19(17)15-25(23)37)27(39)29-3-1-5-33-7-9-34(10-8-33)6-2-4-30-28(40)22-12-18-14-24(36)26(38)16-20(18)32-22/h11-16,31-32,35-38H,1-10H2,(H,29,39)(H,30,40). The van der Waals surface area contributed by atoms with E-state index in [0.29, 0.717) is 46.3 Å². The molecule has 4 aromatic rings. The van der Waals surface area contributed by atoms with Gasteiger partial charge in [0.25, 0.3) is 11.8 Å². The highest BCUT2D eigenvalue weighted by molar-refractivity contribution is 5.99. The Balaban J connectivity index is 0.952. The predicted molar refractivity (Wildman–Crippen MR) is 150 cm³/mol. The van der Waals surface area contributed by atoms with Crippen molar-refractivity contribution in [1.82, 2.24) is 30.4 Å². The minimum atomic E-state index is -0.235. The van der Waals surface area contributed by atoms with E-state index in [1.165, 1.54) is 24.3 Å². The second-order valence-corrected chi connectivity index (χ2v) is 10.1. The largest absolute Gasteiger partial charge is 0.504 e. The van der Waals surface area contributed by atoms with E-state index in [0.717, 1.165) is 52.1 Å². The van der Waals surface area contributed by atoms with Crippen LogP contribution < -0.4 is 10.6 Å². The summed E-state index contributed by atoms with van der Waals surface area (Å²) in [4.78, 5) is 35.6. The van der Waals surface area contributed by atoms with Crippen molar-refractivity contribution >= 4 is 33.6 Å². The third-order valence-electron chi connectivity index (χ3n) is 7.26. The normalized spacial score (nSPS) is 14.6. The van der Waals surface area contributed by atoms with Crippen molar-refractivity contribution in [2.45, 2.75) is 12.8 Å². The van der Waals surface area contributed by atoms with Gasteiger partial charge in [0, 0.05) is 73.2 Å². The van der Waals surface area contributed by atoms with E-state index in [-0.39, 0.29) is 34.8 Å². The number of amides is 2. The van der Waals surface area contributed by atoms with Crippen LogP contribution in [0.4, 0.5) is 0 Å². The van der Waals surface area contributed by atoms with Crippen LogP contribution in [0.5, 0.6) is 23.0 Å². The molecule has 12 nitrogen and oxygen atoms in total. The van der Waals surface area contributed by atoms with Crippen molar-refractivity contribution < 1.29 is 30.0 Å².